The van der Waals surface area contributed by atoms with E-state index in [1.54, 1.807) is 4.90 Å². The summed E-state index contributed by atoms with van der Waals surface area (Å²) in [6.07, 6.45) is 1.34. The second kappa shape index (κ2) is 6.71. The lowest BCUT2D eigenvalue weighted by Gasteiger charge is -2.24. The summed E-state index contributed by atoms with van der Waals surface area (Å²) in [6.45, 7) is 6.05. The van der Waals surface area contributed by atoms with E-state index >= 15 is 0 Å². The van der Waals surface area contributed by atoms with Gasteiger partial charge in [0.05, 0.1) is 5.92 Å². The van der Waals surface area contributed by atoms with Gasteiger partial charge in [0, 0.05) is 38.3 Å². The van der Waals surface area contributed by atoms with Gasteiger partial charge in [-0.25, -0.2) is 0 Å². The molecule has 0 aliphatic carbocycles. The first-order chi connectivity index (χ1) is 11.0. The van der Waals surface area contributed by atoms with Gasteiger partial charge in [0.2, 0.25) is 11.8 Å². The molecule has 2 aliphatic heterocycles. The van der Waals surface area contributed by atoms with E-state index in [1.165, 1.54) is 5.56 Å². The number of nitrogens with zero attached hydrogens (tertiary/aromatic N) is 3. The Morgan fingerprint density at radius 2 is 1.83 bits per heavy atom. The van der Waals surface area contributed by atoms with Crippen molar-refractivity contribution < 1.29 is 9.59 Å². The Kier molecular flexibility index (Phi) is 4.66. The van der Waals surface area contributed by atoms with Crippen molar-refractivity contribution in [1.29, 1.82) is 0 Å². The number of aryl methyl sites for hydroxylation is 1. The molecule has 3 rings (SSSR count). The van der Waals surface area contributed by atoms with Crippen molar-refractivity contribution in [2.45, 2.75) is 19.8 Å². The van der Waals surface area contributed by atoms with E-state index in [0.717, 1.165) is 38.3 Å². The lowest BCUT2D eigenvalue weighted by Crippen LogP contribution is -2.39. The molecule has 2 fully saturated rings. The van der Waals surface area contributed by atoms with Gasteiger partial charge in [-0.05, 0) is 39.1 Å². The summed E-state index contributed by atoms with van der Waals surface area (Å²) in [7, 11) is 2.09. The molecule has 2 saturated heterocycles. The van der Waals surface area contributed by atoms with E-state index in [9.17, 15) is 9.59 Å². The molecule has 124 valence electrons. The van der Waals surface area contributed by atoms with Gasteiger partial charge in [-0.2, -0.15) is 0 Å². The predicted molar refractivity (Wildman–Crippen MR) is 90.3 cm³/mol. The lowest BCUT2D eigenvalue weighted by atomic mass is 10.1. The minimum absolute atomic E-state index is 0.0548. The second-order valence-electron chi connectivity index (χ2n) is 6.72. The molecule has 23 heavy (non-hydrogen) atoms. The number of hydrogen-bond donors (Lipinski definition) is 0. The van der Waals surface area contributed by atoms with Crippen LogP contribution in [0.4, 0.5) is 5.69 Å². The molecule has 1 atom stereocenters. The van der Waals surface area contributed by atoms with Crippen LogP contribution in [-0.4, -0.2) is 61.4 Å². The third-order valence-electron chi connectivity index (χ3n) is 4.85. The highest BCUT2D eigenvalue weighted by Gasteiger charge is 2.37. The fraction of sp³-hybridized carbons (Fsp3) is 0.556. The summed E-state index contributed by atoms with van der Waals surface area (Å²) in [5, 5.41) is 0. The normalized spacial score (nSPS) is 23.2. The highest BCUT2D eigenvalue weighted by Crippen LogP contribution is 2.26. The van der Waals surface area contributed by atoms with Crippen LogP contribution in [-0.2, 0) is 9.59 Å². The van der Waals surface area contributed by atoms with Crippen LogP contribution in [0.3, 0.4) is 0 Å². The maximum Gasteiger partial charge on any atom is 0.228 e. The predicted octanol–water partition coefficient (Wildman–Crippen LogP) is 1.51. The maximum absolute atomic E-state index is 12.8. The van der Waals surface area contributed by atoms with Gasteiger partial charge >= 0.3 is 0 Å². The van der Waals surface area contributed by atoms with Crippen LogP contribution in [0.25, 0.3) is 0 Å². The molecule has 0 saturated carbocycles. The van der Waals surface area contributed by atoms with Crippen LogP contribution in [0.1, 0.15) is 18.4 Å². The Bertz CT molecular complexity index is 584. The minimum Gasteiger partial charge on any atom is -0.341 e. The van der Waals surface area contributed by atoms with E-state index in [0.29, 0.717) is 13.0 Å². The van der Waals surface area contributed by atoms with Crippen molar-refractivity contribution in [3.05, 3.63) is 29.8 Å². The Hall–Kier alpha value is -1.88. The molecule has 0 bridgehead atoms. The standard InChI is InChI=1S/C18H25N3O2/c1-14-4-6-16(7-5-14)21-13-15(12-17(21)22)18(23)20-9-3-8-19(2)10-11-20/h4-7,15H,3,8-13H2,1-2H3/t15-/m1/s1. The first kappa shape index (κ1) is 16.0. The molecule has 0 spiro atoms. The molecule has 0 N–H and O–H groups in total. The van der Waals surface area contributed by atoms with E-state index in [4.69, 9.17) is 0 Å². The summed E-state index contributed by atoms with van der Waals surface area (Å²) in [4.78, 5) is 31.0. The number of likely N-dealkylation sites (N-methyl/N-ethyl adjacent to an activating group) is 1. The third kappa shape index (κ3) is 3.55. The Morgan fingerprint density at radius 3 is 2.57 bits per heavy atom. The van der Waals surface area contributed by atoms with Crippen LogP contribution < -0.4 is 4.90 Å². The summed E-state index contributed by atoms with van der Waals surface area (Å²) in [6, 6.07) is 7.92. The molecule has 5 heteroatoms. The van der Waals surface area contributed by atoms with Crippen LogP contribution in [0.15, 0.2) is 24.3 Å². The summed E-state index contributed by atoms with van der Waals surface area (Å²) in [5.74, 6) is -0.00499. The second-order valence-corrected chi connectivity index (χ2v) is 6.72. The first-order valence-electron chi connectivity index (χ1n) is 8.39. The van der Waals surface area contributed by atoms with Gasteiger partial charge in [0.15, 0.2) is 0 Å². The van der Waals surface area contributed by atoms with Crippen molar-refractivity contribution in [1.82, 2.24) is 9.80 Å². The summed E-state index contributed by atoms with van der Waals surface area (Å²) >= 11 is 0. The molecule has 0 radical (unpaired) electrons. The summed E-state index contributed by atoms with van der Waals surface area (Å²) in [5.41, 5.74) is 2.06. The number of benzene rings is 1. The van der Waals surface area contributed by atoms with E-state index in [2.05, 4.69) is 11.9 Å². The van der Waals surface area contributed by atoms with Crippen molar-refractivity contribution >= 4 is 17.5 Å². The van der Waals surface area contributed by atoms with E-state index < -0.39 is 0 Å². The number of anilines is 1. The number of hydrogen-bond acceptors (Lipinski definition) is 3. The number of carbonyl (C=O) groups excluding carboxylic acids is 2. The molecular weight excluding hydrogens is 290 g/mol. The zero-order chi connectivity index (χ0) is 16.4. The van der Waals surface area contributed by atoms with Gasteiger partial charge in [0.25, 0.3) is 0 Å². The van der Waals surface area contributed by atoms with Gasteiger partial charge in [0.1, 0.15) is 0 Å². The lowest BCUT2D eigenvalue weighted by molar-refractivity contribution is -0.135. The van der Waals surface area contributed by atoms with E-state index in [-0.39, 0.29) is 17.7 Å². The number of rotatable bonds is 2. The Labute approximate surface area is 137 Å². The monoisotopic (exact) mass is 315 g/mol. The SMILES string of the molecule is Cc1ccc(N2C[C@H](C(=O)N3CCCN(C)CC3)CC2=O)cc1. The molecule has 2 aliphatic rings. The molecule has 2 amide bonds. The van der Waals surface area contributed by atoms with Crippen LogP contribution in [0.2, 0.25) is 0 Å². The fourth-order valence-electron chi connectivity index (χ4n) is 3.37. The van der Waals surface area contributed by atoms with E-state index in [1.807, 2.05) is 36.1 Å². The molecule has 1 aromatic carbocycles. The number of amides is 2. The first-order valence-corrected chi connectivity index (χ1v) is 8.39. The zero-order valence-electron chi connectivity index (χ0n) is 14.0. The van der Waals surface area contributed by atoms with Gasteiger partial charge in [-0.3, -0.25) is 9.59 Å². The number of carbonyl (C=O) groups is 2. The maximum atomic E-state index is 12.8. The van der Waals surface area contributed by atoms with Crippen LogP contribution in [0.5, 0.6) is 0 Å². The highest BCUT2D eigenvalue weighted by atomic mass is 16.2. The van der Waals surface area contributed by atoms with Crippen molar-refractivity contribution in [3.8, 4) is 0 Å². The van der Waals surface area contributed by atoms with Gasteiger partial charge < -0.3 is 14.7 Å². The third-order valence-corrected chi connectivity index (χ3v) is 4.85. The molecule has 1 aromatic rings. The largest absolute Gasteiger partial charge is 0.341 e. The molecule has 2 heterocycles. The average Bonchev–Trinajstić information content (AvgIpc) is 2.79. The molecule has 0 unspecified atom stereocenters. The van der Waals surface area contributed by atoms with Crippen molar-refractivity contribution in [2.24, 2.45) is 5.92 Å². The molecule has 5 nitrogen and oxygen atoms in total. The molecular formula is C18H25N3O2. The van der Waals surface area contributed by atoms with Gasteiger partial charge in [-0.15, -0.1) is 0 Å². The molecule has 0 aromatic heterocycles. The van der Waals surface area contributed by atoms with Crippen molar-refractivity contribution in [2.75, 3.05) is 44.7 Å². The average molecular weight is 315 g/mol. The van der Waals surface area contributed by atoms with Crippen LogP contribution >= 0.6 is 0 Å². The van der Waals surface area contributed by atoms with Gasteiger partial charge in [-0.1, -0.05) is 17.7 Å². The fourth-order valence-corrected chi connectivity index (χ4v) is 3.37. The summed E-state index contributed by atoms with van der Waals surface area (Å²) < 4.78 is 0. The highest BCUT2D eigenvalue weighted by molar-refractivity contribution is 6.00. The topological polar surface area (TPSA) is 43.9 Å². The van der Waals surface area contributed by atoms with Crippen LogP contribution in [0, 0.1) is 12.8 Å². The van der Waals surface area contributed by atoms with Crippen molar-refractivity contribution in [3.63, 3.8) is 0 Å². The smallest absolute Gasteiger partial charge is 0.228 e. The Balaban J connectivity index is 1.66. The minimum atomic E-state index is -0.202. The quantitative estimate of drug-likeness (QED) is 0.831. The zero-order valence-corrected chi connectivity index (χ0v) is 14.0. The Morgan fingerprint density at radius 1 is 1.09 bits per heavy atom.